The zero-order valence-electron chi connectivity index (χ0n) is 19.5. The van der Waals surface area contributed by atoms with Crippen LogP contribution >= 0.6 is 22.9 Å². The predicted molar refractivity (Wildman–Crippen MR) is 131 cm³/mol. The molecule has 0 N–H and O–H groups in total. The summed E-state index contributed by atoms with van der Waals surface area (Å²) in [7, 11) is 4.22. The minimum absolute atomic E-state index is 0.00820. The molecule has 5 rings (SSSR count). The molecule has 0 bridgehead atoms. The van der Waals surface area contributed by atoms with Crippen LogP contribution in [0.15, 0.2) is 35.1 Å². The fourth-order valence-electron chi connectivity index (χ4n) is 4.47. The molecule has 10 nitrogen and oxygen atoms in total. The second-order valence-electron chi connectivity index (χ2n) is 7.95. The van der Waals surface area contributed by atoms with E-state index in [9.17, 15) is 14.4 Å². The van der Waals surface area contributed by atoms with Crippen molar-refractivity contribution in [1.82, 2.24) is 4.57 Å². The normalized spacial score (nSPS) is 16.1. The number of hydrogen-bond acceptors (Lipinski definition) is 9. The number of esters is 1. The van der Waals surface area contributed by atoms with Gasteiger partial charge in [0.05, 0.1) is 31.9 Å². The van der Waals surface area contributed by atoms with Crippen LogP contribution in [0.2, 0.25) is 5.02 Å². The van der Waals surface area contributed by atoms with Crippen molar-refractivity contribution >= 4 is 46.3 Å². The maximum absolute atomic E-state index is 13.7. The van der Waals surface area contributed by atoms with E-state index in [0.717, 1.165) is 11.3 Å². The lowest BCUT2D eigenvalue weighted by atomic mass is 9.89. The Balaban J connectivity index is 1.75. The number of hydrogen-bond donors (Lipinski definition) is 0. The number of thiazole rings is 1. The molecule has 1 atom stereocenters. The summed E-state index contributed by atoms with van der Waals surface area (Å²) in [5.41, 5.74) is 1.06. The molecule has 3 heterocycles. The van der Waals surface area contributed by atoms with E-state index in [1.807, 2.05) is 0 Å². The first kappa shape index (κ1) is 24.0. The van der Waals surface area contributed by atoms with Crippen molar-refractivity contribution in [3.8, 4) is 23.0 Å². The Labute approximate surface area is 214 Å². The molecule has 2 aliphatic heterocycles. The Kier molecular flexibility index (Phi) is 6.27. The van der Waals surface area contributed by atoms with Gasteiger partial charge in [0.2, 0.25) is 24.2 Å². The molecule has 36 heavy (non-hydrogen) atoms. The van der Waals surface area contributed by atoms with Gasteiger partial charge in [-0.2, -0.15) is 0 Å². The van der Waals surface area contributed by atoms with Crippen LogP contribution in [0.25, 0.3) is 0 Å². The maximum atomic E-state index is 13.7. The Hall–Kier alpha value is -3.70. The SMILES string of the molecule is COC(=O)Cn1c2c(sc1=O)C(c1cc(OC)c3c(c1OC)OCO3)CC(=O)N2c1cccc(Cl)c1. The lowest BCUT2D eigenvalue weighted by Crippen LogP contribution is -2.36. The Morgan fingerprint density at radius 3 is 2.61 bits per heavy atom. The number of ether oxygens (including phenoxy) is 5. The molecule has 0 spiro atoms. The molecule has 0 saturated carbocycles. The van der Waals surface area contributed by atoms with Crippen LogP contribution in [-0.2, 0) is 20.9 Å². The largest absolute Gasteiger partial charge is 0.493 e. The van der Waals surface area contributed by atoms with Crippen LogP contribution in [0, 0.1) is 0 Å². The summed E-state index contributed by atoms with van der Waals surface area (Å²) in [6.07, 6.45) is 0.0108. The molecular formula is C24H21ClN2O8S. The summed E-state index contributed by atoms with van der Waals surface area (Å²) in [5, 5.41) is 0.420. The highest BCUT2D eigenvalue weighted by molar-refractivity contribution is 7.10. The Bertz CT molecular complexity index is 1430. The van der Waals surface area contributed by atoms with Gasteiger partial charge in [-0.1, -0.05) is 29.0 Å². The van der Waals surface area contributed by atoms with E-state index in [1.54, 1.807) is 30.3 Å². The molecule has 0 saturated heterocycles. The van der Waals surface area contributed by atoms with Crippen LogP contribution in [0.1, 0.15) is 22.8 Å². The third-order valence-corrected chi connectivity index (χ3v) is 7.34. The third-order valence-electron chi connectivity index (χ3n) is 6.02. The minimum atomic E-state index is -0.624. The van der Waals surface area contributed by atoms with E-state index >= 15 is 0 Å². The standard InChI is InChI=1S/C24H21ClN2O8S/c1-31-16-8-14(19(33-3)21-20(16)34-11-35-21)15-9-17(28)27(13-6-4-5-12(25)7-13)23-22(15)36-24(30)26(23)10-18(29)32-2/h4-8,15H,9-11H2,1-3H3. The van der Waals surface area contributed by atoms with Gasteiger partial charge in [-0.3, -0.25) is 23.9 Å². The summed E-state index contributed by atoms with van der Waals surface area (Å²) in [6.45, 7) is -0.369. The first-order valence-electron chi connectivity index (χ1n) is 10.8. The number of amides is 1. The number of carbonyl (C=O) groups is 2. The van der Waals surface area contributed by atoms with Crippen molar-refractivity contribution in [1.29, 1.82) is 0 Å². The van der Waals surface area contributed by atoms with Crippen molar-refractivity contribution in [3.63, 3.8) is 0 Å². The van der Waals surface area contributed by atoms with E-state index in [-0.39, 0.29) is 31.5 Å². The molecule has 0 aliphatic carbocycles. The number of aromatic nitrogens is 1. The van der Waals surface area contributed by atoms with Gasteiger partial charge in [0, 0.05) is 22.9 Å². The molecule has 12 heteroatoms. The summed E-state index contributed by atoms with van der Waals surface area (Å²) >= 11 is 7.16. The monoisotopic (exact) mass is 532 g/mol. The second-order valence-corrected chi connectivity index (χ2v) is 9.38. The fourth-order valence-corrected chi connectivity index (χ4v) is 5.75. The number of carbonyl (C=O) groups excluding carboxylic acids is 2. The van der Waals surface area contributed by atoms with Gasteiger partial charge in [0.15, 0.2) is 11.5 Å². The zero-order valence-corrected chi connectivity index (χ0v) is 21.1. The minimum Gasteiger partial charge on any atom is -0.493 e. The van der Waals surface area contributed by atoms with Crippen LogP contribution in [-0.4, -0.2) is 44.6 Å². The van der Waals surface area contributed by atoms with Gasteiger partial charge < -0.3 is 23.7 Å². The average molecular weight is 533 g/mol. The molecule has 0 fully saturated rings. The first-order chi connectivity index (χ1) is 17.4. The topological polar surface area (TPSA) is 106 Å². The number of anilines is 2. The van der Waals surface area contributed by atoms with Crippen molar-refractivity contribution < 1.29 is 33.3 Å². The maximum Gasteiger partial charge on any atom is 0.325 e. The molecule has 0 radical (unpaired) electrons. The third kappa shape index (κ3) is 3.84. The first-order valence-corrected chi connectivity index (χ1v) is 12.0. The Morgan fingerprint density at radius 2 is 1.92 bits per heavy atom. The highest BCUT2D eigenvalue weighted by Crippen LogP contribution is 2.55. The molecule has 1 unspecified atom stereocenters. The van der Waals surface area contributed by atoms with E-state index in [2.05, 4.69) is 0 Å². The van der Waals surface area contributed by atoms with Crippen LogP contribution in [0.3, 0.4) is 0 Å². The van der Waals surface area contributed by atoms with Gasteiger partial charge in [-0.05, 0) is 24.3 Å². The number of halogens is 1. The lowest BCUT2D eigenvalue weighted by Gasteiger charge is -2.33. The van der Waals surface area contributed by atoms with Gasteiger partial charge >= 0.3 is 10.8 Å². The molecular weight excluding hydrogens is 512 g/mol. The van der Waals surface area contributed by atoms with Crippen molar-refractivity contribution in [3.05, 3.63) is 55.5 Å². The zero-order chi connectivity index (χ0) is 25.6. The molecule has 2 aromatic carbocycles. The summed E-state index contributed by atoms with van der Waals surface area (Å²) in [4.78, 5) is 40.6. The van der Waals surface area contributed by atoms with E-state index < -0.39 is 16.8 Å². The van der Waals surface area contributed by atoms with Gasteiger partial charge in [-0.15, -0.1) is 0 Å². The highest BCUT2D eigenvalue weighted by Gasteiger charge is 2.41. The lowest BCUT2D eigenvalue weighted by molar-refractivity contribution is -0.141. The smallest absolute Gasteiger partial charge is 0.325 e. The van der Waals surface area contributed by atoms with E-state index in [4.69, 9.17) is 35.3 Å². The van der Waals surface area contributed by atoms with E-state index in [1.165, 1.54) is 30.8 Å². The number of methoxy groups -OCH3 is 3. The van der Waals surface area contributed by atoms with Crippen molar-refractivity contribution in [2.45, 2.75) is 18.9 Å². The van der Waals surface area contributed by atoms with Crippen molar-refractivity contribution in [2.24, 2.45) is 0 Å². The summed E-state index contributed by atoms with van der Waals surface area (Å²) in [5.74, 6) is 0.312. The fraction of sp³-hybridized carbons (Fsp3) is 0.292. The van der Waals surface area contributed by atoms with Crippen molar-refractivity contribution in [2.75, 3.05) is 33.0 Å². The van der Waals surface area contributed by atoms with Crippen LogP contribution in [0.5, 0.6) is 23.0 Å². The summed E-state index contributed by atoms with van der Waals surface area (Å²) in [6, 6.07) is 8.44. The molecule has 2 aliphatic rings. The highest BCUT2D eigenvalue weighted by atomic mass is 35.5. The average Bonchev–Trinajstić information content (AvgIpc) is 3.48. The van der Waals surface area contributed by atoms with Gasteiger partial charge in [0.25, 0.3) is 0 Å². The number of nitrogens with zero attached hydrogens (tertiary/aromatic N) is 2. The second kappa shape index (κ2) is 9.40. The van der Waals surface area contributed by atoms with Gasteiger partial charge in [-0.25, -0.2) is 0 Å². The number of benzene rings is 2. The summed E-state index contributed by atoms with van der Waals surface area (Å²) < 4.78 is 28.4. The predicted octanol–water partition coefficient (Wildman–Crippen LogP) is 3.68. The van der Waals surface area contributed by atoms with Crippen LogP contribution < -0.4 is 28.7 Å². The van der Waals surface area contributed by atoms with Crippen LogP contribution in [0.4, 0.5) is 11.5 Å². The number of fused-ring (bicyclic) bond motifs is 2. The molecule has 3 aromatic rings. The molecule has 188 valence electrons. The van der Waals surface area contributed by atoms with E-state index in [0.29, 0.717) is 44.1 Å². The van der Waals surface area contributed by atoms with Gasteiger partial charge in [0.1, 0.15) is 12.4 Å². The molecule has 1 aromatic heterocycles. The quantitative estimate of drug-likeness (QED) is 0.443. The Morgan fingerprint density at radius 1 is 1.14 bits per heavy atom. The molecule has 1 amide bonds. The number of rotatable bonds is 6.